The Labute approximate surface area is 184 Å². The molecule has 1 amide bonds. The molecular formula is C23H24N6O3. The fourth-order valence-corrected chi connectivity index (χ4v) is 3.96. The van der Waals surface area contributed by atoms with Gasteiger partial charge in [0.2, 0.25) is 0 Å². The van der Waals surface area contributed by atoms with Gasteiger partial charge in [-0.05, 0) is 35.7 Å². The molecule has 5 heterocycles. The summed E-state index contributed by atoms with van der Waals surface area (Å²) in [6.07, 6.45) is 9.65. The molecule has 4 aromatic heterocycles. The van der Waals surface area contributed by atoms with Gasteiger partial charge in [0.25, 0.3) is 5.91 Å². The van der Waals surface area contributed by atoms with Crippen LogP contribution >= 0.6 is 0 Å². The van der Waals surface area contributed by atoms with Gasteiger partial charge in [-0.2, -0.15) is 5.10 Å². The van der Waals surface area contributed by atoms with E-state index in [0.717, 1.165) is 22.5 Å². The highest BCUT2D eigenvalue weighted by Gasteiger charge is 2.26. The zero-order valence-electron chi connectivity index (χ0n) is 17.7. The van der Waals surface area contributed by atoms with Crippen LogP contribution in [0.15, 0.2) is 55.2 Å². The van der Waals surface area contributed by atoms with Gasteiger partial charge in [0.05, 0.1) is 30.0 Å². The molecule has 1 fully saturated rings. The van der Waals surface area contributed by atoms with Gasteiger partial charge >= 0.3 is 0 Å². The minimum Gasteiger partial charge on any atom is -0.389 e. The maximum Gasteiger partial charge on any atom is 0.255 e. The fraction of sp³-hybridized carbons (Fsp3) is 0.304. The number of rotatable bonds is 5. The number of carbonyl (C=O) groups is 1. The van der Waals surface area contributed by atoms with E-state index in [1.54, 1.807) is 10.9 Å². The number of ether oxygens (including phenoxy) is 1. The monoisotopic (exact) mass is 432 g/mol. The lowest BCUT2D eigenvalue weighted by molar-refractivity contribution is -0.0260. The number of carbonyl (C=O) groups excluding carboxylic acids is 1. The summed E-state index contributed by atoms with van der Waals surface area (Å²) >= 11 is 0. The number of nitrogens with zero attached hydrogens (tertiary/aromatic N) is 5. The standard InChI is InChI=1S/C23H24N6O3/c1-28-7-4-19(27-28)18-3-2-15(12-25-18)10-16-11-17(22-24-6-8-29(22)13-16)23(31)26-20-5-9-32-14-21(20)30/h2-4,6-8,11-13,20-21,30H,5,9-10,14H2,1H3,(H,26,31)/t20-,21-/m0/s1. The van der Waals surface area contributed by atoms with Crippen LogP contribution in [-0.2, 0) is 18.2 Å². The topological polar surface area (TPSA) is 107 Å². The molecule has 32 heavy (non-hydrogen) atoms. The van der Waals surface area contributed by atoms with Gasteiger partial charge < -0.3 is 19.6 Å². The molecule has 164 valence electrons. The zero-order valence-corrected chi connectivity index (χ0v) is 17.7. The van der Waals surface area contributed by atoms with Crippen molar-refractivity contribution in [1.82, 2.24) is 29.5 Å². The second kappa shape index (κ2) is 8.52. The number of hydrogen-bond acceptors (Lipinski definition) is 6. The minimum absolute atomic E-state index is 0.227. The number of aliphatic hydroxyl groups excluding tert-OH is 1. The van der Waals surface area contributed by atoms with Crippen LogP contribution in [0.3, 0.4) is 0 Å². The van der Waals surface area contributed by atoms with E-state index in [4.69, 9.17) is 4.74 Å². The van der Waals surface area contributed by atoms with Crippen molar-refractivity contribution in [3.05, 3.63) is 71.9 Å². The summed E-state index contributed by atoms with van der Waals surface area (Å²) in [6.45, 7) is 0.744. The third-order valence-electron chi connectivity index (χ3n) is 5.64. The van der Waals surface area contributed by atoms with Crippen molar-refractivity contribution in [2.24, 2.45) is 7.05 Å². The highest BCUT2D eigenvalue weighted by atomic mass is 16.5. The van der Waals surface area contributed by atoms with Crippen LogP contribution in [0.4, 0.5) is 0 Å². The SMILES string of the molecule is Cn1ccc(-c2ccc(Cc3cc(C(=O)N[C@H]4CCOC[C@@H]4O)c4nccn4c3)cn2)n1. The maximum absolute atomic E-state index is 13.0. The minimum atomic E-state index is -0.713. The smallest absolute Gasteiger partial charge is 0.255 e. The van der Waals surface area contributed by atoms with Crippen LogP contribution in [0, 0.1) is 0 Å². The molecule has 1 saturated heterocycles. The van der Waals surface area contributed by atoms with Gasteiger partial charge in [0, 0.05) is 51.1 Å². The number of aliphatic hydroxyl groups is 1. The van der Waals surface area contributed by atoms with Gasteiger partial charge in [-0.1, -0.05) is 6.07 Å². The summed E-state index contributed by atoms with van der Waals surface area (Å²) < 4.78 is 8.85. The first-order chi connectivity index (χ1) is 15.6. The first-order valence-corrected chi connectivity index (χ1v) is 10.5. The van der Waals surface area contributed by atoms with Crippen LogP contribution in [0.25, 0.3) is 17.0 Å². The number of nitrogens with one attached hydrogen (secondary N) is 1. The molecule has 0 unspecified atom stereocenters. The normalized spacial score (nSPS) is 18.7. The number of aryl methyl sites for hydroxylation is 1. The van der Waals surface area contributed by atoms with E-state index in [0.29, 0.717) is 30.7 Å². The van der Waals surface area contributed by atoms with Crippen molar-refractivity contribution < 1.29 is 14.6 Å². The Balaban J connectivity index is 1.38. The summed E-state index contributed by atoms with van der Waals surface area (Å²) in [5.41, 5.74) is 4.68. The Kier molecular flexibility index (Phi) is 5.42. The molecule has 2 atom stereocenters. The molecule has 1 aliphatic rings. The summed E-state index contributed by atoms with van der Waals surface area (Å²) in [6, 6.07) is 7.42. The molecule has 0 saturated carbocycles. The number of imidazole rings is 1. The van der Waals surface area contributed by atoms with Crippen molar-refractivity contribution in [3.8, 4) is 11.4 Å². The molecule has 0 aliphatic carbocycles. The Morgan fingerprint density at radius 1 is 1.22 bits per heavy atom. The lowest BCUT2D eigenvalue weighted by atomic mass is 10.0. The van der Waals surface area contributed by atoms with Crippen molar-refractivity contribution in [2.45, 2.75) is 25.0 Å². The highest BCUT2D eigenvalue weighted by Crippen LogP contribution is 2.19. The number of aromatic nitrogens is 5. The molecule has 0 aromatic carbocycles. The predicted molar refractivity (Wildman–Crippen MR) is 117 cm³/mol. The average molecular weight is 432 g/mol. The van der Waals surface area contributed by atoms with Crippen molar-refractivity contribution in [3.63, 3.8) is 0 Å². The largest absolute Gasteiger partial charge is 0.389 e. The summed E-state index contributed by atoms with van der Waals surface area (Å²) in [7, 11) is 1.88. The van der Waals surface area contributed by atoms with Crippen LogP contribution in [0.1, 0.15) is 27.9 Å². The van der Waals surface area contributed by atoms with Gasteiger partial charge in [-0.25, -0.2) is 4.98 Å². The van der Waals surface area contributed by atoms with Crippen LogP contribution in [0.2, 0.25) is 0 Å². The van der Waals surface area contributed by atoms with Crippen LogP contribution in [0.5, 0.6) is 0 Å². The van der Waals surface area contributed by atoms with Gasteiger partial charge in [-0.3, -0.25) is 14.5 Å². The Hall–Kier alpha value is -3.56. The van der Waals surface area contributed by atoms with E-state index in [9.17, 15) is 9.90 Å². The molecule has 0 spiro atoms. The lowest BCUT2D eigenvalue weighted by Crippen LogP contribution is -2.48. The van der Waals surface area contributed by atoms with E-state index >= 15 is 0 Å². The second-order valence-corrected chi connectivity index (χ2v) is 8.03. The molecule has 5 rings (SSSR count). The summed E-state index contributed by atoms with van der Waals surface area (Å²) in [5.74, 6) is -0.252. The van der Waals surface area contributed by atoms with E-state index in [1.165, 1.54) is 0 Å². The number of amides is 1. The molecule has 9 heteroatoms. The third kappa shape index (κ3) is 4.12. The van der Waals surface area contributed by atoms with E-state index < -0.39 is 6.10 Å². The Morgan fingerprint density at radius 2 is 2.12 bits per heavy atom. The first kappa shape index (κ1) is 20.3. The predicted octanol–water partition coefficient (Wildman–Crippen LogP) is 1.60. The van der Waals surface area contributed by atoms with Crippen molar-refractivity contribution in [2.75, 3.05) is 13.2 Å². The molecule has 0 radical (unpaired) electrons. The Morgan fingerprint density at radius 3 is 2.88 bits per heavy atom. The molecular weight excluding hydrogens is 408 g/mol. The van der Waals surface area contributed by atoms with E-state index in [2.05, 4.69) is 20.4 Å². The van der Waals surface area contributed by atoms with Crippen LogP contribution < -0.4 is 5.32 Å². The number of pyridine rings is 2. The third-order valence-corrected chi connectivity index (χ3v) is 5.64. The van der Waals surface area contributed by atoms with E-state index in [1.807, 2.05) is 60.5 Å². The van der Waals surface area contributed by atoms with Gasteiger partial charge in [0.1, 0.15) is 11.3 Å². The van der Waals surface area contributed by atoms with Crippen molar-refractivity contribution in [1.29, 1.82) is 0 Å². The zero-order chi connectivity index (χ0) is 22.1. The average Bonchev–Trinajstić information content (AvgIpc) is 3.44. The number of fused-ring (bicyclic) bond motifs is 1. The Bertz CT molecular complexity index is 1250. The fourth-order valence-electron chi connectivity index (χ4n) is 3.96. The molecule has 1 aliphatic heterocycles. The first-order valence-electron chi connectivity index (χ1n) is 10.5. The molecule has 4 aromatic rings. The quantitative estimate of drug-likeness (QED) is 0.496. The molecule has 9 nitrogen and oxygen atoms in total. The van der Waals surface area contributed by atoms with Gasteiger partial charge in [0.15, 0.2) is 0 Å². The lowest BCUT2D eigenvalue weighted by Gasteiger charge is -2.28. The summed E-state index contributed by atoms with van der Waals surface area (Å²) in [5, 5.41) is 17.4. The molecule has 0 bridgehead atoms. The van der Waals surface area contributed by atoms with E-state index in [-0.39, 0.29) is 18.6 Å². The summed E-state index contributed by atoms with van der Waals surface area (Å²) in [4.78, 5) is 21.9. The maximum atomic E-state index is 13.0. The van der Waals surface area contributed by atoms with Crippen molar-refractivity contribution >= 4 is 11.6 Å². The molecule has 2 N–H and O–H groups in total. The highest BCUT2D eigenvalue weighted by molar-refractivity contribution is 6.00. The van der Waals surface area contributed by atoms with Gasteiger partial charge in [-0.15, -0.1) is 0 Å². The van der Waals surface area contributed by atoms with Crippen LogP contribution in [-0.4, -0.2) is 60.5 Å². The number of hydrogen-bond donors (Lipinski definition) is 2. The second-order valence-electron chi connectivity index (χ2n) is 8.03.